The summed E-state index contributed by atoms with van der Waals surface area (Å²) in [5, 5.41) is 0. The predicted octanol–water partition coefficient (Wildman–Crippen LogP) is 0.863. The largest absolute Gasteiger partial charge is 0.355 e. The van der Waals surface area contributed by atoms with Crippen LogP contribution in [0.25, 0.3) is 0 Å². The van der Waals surface area contributed by atoms with E-state index in [1.54, 1.807) is 26.2 Å². The van der Waals surface area contributed by atoms with Gasteiger partial charge in [-0.2, -0.15) is 0 Å². The van der Waals surface area contributed by atoms with Gasteiger partial charge in [0.05, 0.1) is 6.54 Å². The Kier molecular flexibility index (Phi) is 7.51. The highest BCUT2D eigenvalue weighted by Gasteiger charge is 2.01. The molecule has 62 valence electrons. The van der Waals surface area contributed by atoms with Crippen molar-refractivity contribution >= 4 is 11.9 Å². The van der Waals surface area contributed by atoms with E-state index >= 15 is 0 Å². The molecule has 0 heterocycles. The number of rotatable bonds is 6. The Balaban J connectivity index is 3.09. The average Bonchev–Trinajstić information content (AvgIpc) is 1.99. The van der Waals surface area contributed by atoms with Gasteiger partial charge in [0, 0.05) is 20.0 Å². The summed E-state index contributed by atoms with van der Waals surface area (Å²) in [7, 11) is 3.26. The second-order valence-corrected chi connectivity index (χ2v) is 2.84. The van der Waals surface area contributed by atoms with Gasteiger partial charge in [0.2, 0.25) is 0 Å². The van der Waals surface area contributed by atoms with Gasteiger partial charge in [-0.1, -0.05) is 18.9 Å². The first-order chi connectivity index (χ1) is 4.85. The number of hydrogen-bond donors (Lipinski definition) is 1. The summed E-state index contributed by atoms with van der Waals surface area (Å²) in [6, 6.07) is 0. The van der Waals surface area contributed by atoms with Gasteiger partial charge in [-0.15, -0.1) is 0 Å². The summed E-state index contributed by atoms with van der Waals surface area (Å²) in [5.74, 6) is 1.06. The third-order valence-electron chi connectivity index (χ3n) is 1.02. The van der Waals surface area contributed by atoms with Crippen LogP contribution < -0.4 is 4.72 Å². The van der Waals surface area contributed by atoms with Crippen LogP contribution in [0, 0.1) is 0 Å². The monoisotopic (exact) mass is 165 g/mol. The molecule has 0 unspecified atom stereocenters. The van der Waals surface area contributed by atoms with E-state index in [2.05, 4.69) is 11.6 Å². The average molecular weight is 165 g/mol. The molecule has 0 rings (SSSR count). The summed E-state index contributed by atoms with van der Waals surface area (Å²) in [4.78, 5) is 0. The number of methoxy groups -OCH3 is 2. The van der Waals surface area contributed by atoms with Gasteiger partial charge >= 0.3 is 0 Å². The van der Waals surface area contributed by atoms with Crippen molar-refractivity contribution in [3.05, 3.63) is 0 Å². The molecule has 0 amide bonds. The van der Waals surface area contributed by atoms with Gasteiger partial charge in [-0.3, -0.25) is 4.72 Å². The van der Waals surface area contributed by atoms with E-state index in [0.717, 1.165) is 12.3 Å². The van der Waals surface area contributed by atoms with E-state index in [1.807, 2.05) is 0 Å². The highest BCUT2D eigenvalue weighted by molar-refractivity contribution is 7.97. The highest BCUT2D eigenvalue weighted by atomic mass is 32.2. The molecule has 10 heavy (non-hydrogen) atoms. The SMILES string of the molecule is CCSNCC(OC)OC. The zero-order valence-corrected chi connectivity index (χ0v) is 7.53. The molecule has 0 saturated heterocycles. The molecule has 0 aliphatic rings. The van der Waals surface area contributed by atoms with E-state index in [9.17, 15) is 0 Å². The molecule has 1 N–H and O–H groups in total. The van der Waals surface area contributed by atoms with Crippen LogP contribution >= 0.6 is 11.9 Å². The molecule has 0 saturated carbocycles. The third kappa shape index (κ3) is 5.05. The van der Waals surface area contributed by atoms with Crippen molar-refractivity contribution < 1.29 is 9.47 Å². The predicted molar refractivity (Wildman–Crippen MR) is 43.9 cm³/mol. The van der Waals surface area contributed by atoms with Crippen LogP contribution in [0.4, 0.5) is 0 Å². The van der Waals surface area contributed by atoms with Crippen molar-refractivity contribution in [2.24, 2.45) is 0 Å². The lowest BCUT2D eigenvalue weighted by Gasteiger charge is -2.12. The minimum atomic E-state index is -0.126. The first-order valence-corrected chi connectivity index (χ1v) is 4.24. The minimum Gasteiger partial charge on any atom is -0.355 e. The molecule has 4 heteroatoms. The molecule has 0 aromatic carbocycles. The lowest BCUT2D eigenvalue weighted by Crippen LogP contribution is -2.25. The van der Waals surface area contributed by atoms with E-state index in [-0.39, 0.29) is 6.29 Å². The topological polar surface area (TPSA) is 30.5 Å². The molecule has 0 aliphatic heterocycles. The standard InChI is InChI=1S/C6H15NO2S/c1-4-10-7-5-6(8-2)9-3/h6-7H,4-5H2,1-3H3. The van der Waals surface area contributed by atoms with E-state index in [0.29, 0.717) is 0 Å². The first-order valence-electron chi connectivity index (χ1n) is 3.25. The maximum absolute atomic E-state index is 4.95. The lowest BCUT2D eigenvalue weighted by atomic mass is 10.6. The summed E-state index contributed by atoms with van der Waals surface area (Å²) in [6.07, 6.45) is -0.126. The lowest BCUT2D eigenvalue weighted by molar-refractivity contribution is -0.0957. The zero-order chi connectivity index (χ0) is 7.82. The van der Waals surface area contributed by atoms with Crippen molar-refractivity contribution in [3.63, 3.8) is 0 Å². The Morgan fingerprint density at radius 2 is 2.00 bits per heavy atom. The second kappa shape index (κ2) is 7.34. The molecule has 0 spiro atoms. The Hall–Kier alpha value is 0.230. The van der Waals surface area contributed by atoms with Crippen molar-refractivity contribution in [1.82, 2.24) is 4.72 Å². The zero-order valence-electron chi connectivity index (χ0n) is 6.72. The minimum absolute atomic E-state index is 0.126. The first kappa shape index (κ1) is 10.2. The molecule has 0 aliphatic carbocycles. The molecule has 3 nitrogen and oxygen atoms in total. The van der Waals surface area contributed by atoms with E-state index in [4.69, 9.17) is 9.47 Å². The summed E-state index contributed by atoms with van der Waals surface area (Å²) < 4.78 is 13.0. The number of ether oxygens (including phenoxy) is 2. The van der Waals surface area contributed by atoms with Crippen molar-refractivity contribution in [2.75, 3.05) is 26.5 Å². The van der Waals surface area contributed by atoms with Crippen LogP contribution in [0.2, 0.25) is 0 Å². The molecular formula is C6H15NO2S. The number of hydrogen-bond acceptors (Lipinski definition) is 4. The van der Waals surface area contributed by atoms with Crippen LogP contribution in [0.5, 0.6) is 0 Å². The van der Waals surface area contributed by atoms with Gasteiger partial charge in [0.15, 0.2) is 6.29 Å². The van der Waals surface area contributed by atoms with Crippen LogP contribution in [-0.2, 0) is 9.47 Å². The van der Waals surface area contributed by atoms with Crippen molar-refractivity contribution in [3.8, 4) is 0 Å². The van der Waals surface area contributed by atoms with Gasteiger partial charge in [0.1, 0.15) is 0 Å². The van der Waals surface area contributed by atoms with Crippen LogP contribution in [0.3, 0.4) is 0 Å². The summed E-state index contributed by atoms with van der Waals surface area (Å²) in [5.41, 5.74) is 0. The van der Waals surface area contributed by atoms with Crippen LogP contribution in [0.1, 0.15) is 6.92 Å². The molecule has 0 aromatic heterocycles. The Morgan fingerprint density at radius 3 is 2.40 bits per heavy atom. The maximum atomic E-state index is 4.95. The Bertz CT molecular complexity index is 68.8. The fourth-order valence-corrected chi connectivity index (χ4v) is 0.950. The van der Waals surface area contributed by atoms with Crippen LogP contribution in [0.15, 0.2) is 0 Å². The molecule has 0 atom stereocenters. The van der Waals surface area contributed by atoms with Crippen molar-refractivity contribution in [2.45, 2.75) is 13.2 Å². The van der Waals surface area contributed by atoms with Crippen molar-refractivity contribution in [1.29, 1.82) is 0 Å². The Labute approximate surface area is 66.6 Å². The van der Waals surface area contributed by atoms with E-state index < -0.39 is 0 Å². The molecule has 0 radical (unpaired) electrons. The normalized spacial score (nSPS) is 10.8. The quantitative estimate of drug-likeness (QED) is 0.359. The van der Waals surface area contributed by atoms with E-state index in [1.165, 1.54) is 0 Å². The number of nitrogens with one attached hydrogen (secondary N) is 1. The highest BCUT2D eigenvalue weighted by Crippen LogP contribution is 1.93. The fraction of sp³-hybridized carbons (Fsp3) is 1.00. The molecular weight excluding hydrogens is 150 g/mol. The van der Waals surface area contributed by atoms with Gasteiger partial charge in [-0.25, -0.2) is 0 Å². The molecule has 0 fully saturated rings. The van der Waals surface area contributed by atoms with Crippen LogP contribution in [-0.4, -0.2) is 32.8 Å². The summed E-state index contributed by atoms with van der Waals surface area (Å²) >= 11 is 1.66. The molecule has 0 aromatic rings. The summed E-state index contributed by atoms with van der Waals surface area (Å²) in [6.45, 7) is 2.82. The maximum Gasteiger partial charge on any atom is 0.170 e. The second-order valence-electron chi connectivity index (χ2n) is 1.68. The van der Waals surface area contributed by atoms with Gasteiger partial charge in [-0.05, 0) is 0 Å². The van der Waals surface area contributed by atoms with Gasteiger partial charge in [0.25, 0.3) is 0 Å². The van der Waals surface area contributed by atoms with Gasteiger partial charge < -0.3 is 9.47 Å². The fourth-order valence-electron chi connectivity index (χ4n) is 0.492. The third-order valence-corrected chi connectivity index (χ3v) is 1.68. The molecule has 0 bridgehead atoms. The smallest absolute Gasteiger partial charge is 0.170 e. The Morgan fingerprint density at radius 1 is 1.40 bits per heavy atom.